The van der Waals surface area contributed by atoms with Gasteiger partial charge in [0.1, 0.15) is 0 Å². The molecule has 1 aliphatic heterocycles. The summed E-state index contributed by atoms with van der Waals surface area (Å²) in [6.07, 6.45) is 2.19. The molecule has 0 saturated carbocycles. The number of nitrogens with two attached hydrogens (primary N) is 1. The maximum Gasteiger partial charge on any atom is 0.255 e. The molecule has 2 N–H and O–H groups in total. The molecular formula is C14H19BrN2O. The van der Waals surface area contributed by atoms with Gasteiger partial charge in [-0.1, -0.05) is 19.9 Å². The molecule has 0 aromatic heterocycles. The number of rotatable bonds is 2. The fraction of sp³-hybridized carbons (Fsp3) is 0.500. The Hall–Kier alpha value is -1.03. The van der Waals surface area contributed by atoms with Gasteiger partial charge in [0.2, 0.25) is 0 Å². The van der Waals surface area contributed by atoms with Crippen molar-refractivity contribution in [3.63, 3.8) is 0 Å². The van der Waals surface area contributed by atoms with Crippen LogP contribution in [-0.2, 0) is 0 Å². The van der Waals surface area contributed by atoms with E-state index >= 15 is 0 Å². The summed E-state index contributed by atoms with van der Waals surface area (Å²) in [5.41, 5.74) is 7.12. The summed E-state index contributed by atoms with van der Waals surface area (Å²) in [5.74, 6) is 0.585. The third kappa shape index (κ3) is 2.39. The molecule has 1 aromatic carbocycles. The number of anilines is 1. The number of likely N-dealkylation sites (tertiary alicyclic amines) is 1. The Labute approximate surface area is 116 Å². The van der Waals surface area contributed by atoms with E-state index in [-0.39, 0.29) is 5.91 Å². The fourth-order valence-corrected chi connectivity index (χ4v) is 3.04. The molecule has 1 amide bonds. The summed E-state index contributed by atoms with van der Waals surface area (Å²) in [6, 6.07) is 5.81. The minimum Gasteiger partial charge on any atom is -0.398 e. The fourth-order valence-electron chi connectivity index (χ4n) is 2.61. The Morgan fingerprint density at radius 3 is 2.89 bits per heavy atom. The largest absolute Gasteiger partial charge is 0.398 e. The van der Waals surface area contributed by atoms with Gasteiger partial charge >= 0.3 is 0 Å². The van der Waals surface area contributed by atoms with Crippen molar-refractivity contribution in [3.8, 4) is 0 Å². The molecule has 98 valence electrons. The van der Waals surface area contributed by atoms with Crippen molar-refractivity contribution in [1.82, 2.24) is 4.90 Å². The Morgan fingerprint density at radius 2 is 2.22 bits per heavy atom. The van der Waals surface area contributed by atoms with Crippen molar-refractivity contribution >= 4 is 27.5 Å². The minimum absolute atomic E-state index is 0.0883. The lowest BCUT2D eigenvalue weighted by atomic mass is 10.0. The number of nitrogens with zero attached hydrogens (tertiary/aromatic N) is 1. The molecule has 1 aliphatic rings. The monoisotopic (exact) mass is 310 g/mol. The van der Waals surface area contributed by atoms with Gasteiger partial charge in [0.25, 0.3) is 5.91 Å². The van der Waals surface area contributed by atoms with Crippen LogP contribution in [0, 0.1) is 5.92 Å². The zero-order chi connectivity index (χ0) is 13.3. The van der Waals surface area contributed by atoms with Crippen LogP contribution in [0.5, 0.6) is 0 Å². The Morgan fingerprint density at radius 1 is 1.50 bits per heavy atom. The molecule has 0 bridgehead atoms. The van der Waals surface area contributed by atoms with Crippen molar-refractivity contribution in [3.05, 3.63) is 28.2 Å². The molecule has 1 saturated heterocycles. The molecule has 1 aromatic rings. The number of amides is 1. The first kappa shape index (κ1) is 13.4. The van der Waals surface area contributed by atoms with Gasteiger partial charge in [-0.05, 0) is 46.8 Å². The van der Waals surface area contributed by atoms with E-state index in [0.29, 0.717) is 27.7 Å². The van der Waals surface area contributed by atoms with E-state index in [2.05, 4.69) is 29.8 Å². The van der Waals surface area contributed by atoms with E-state index in [9.17, 15) is 4.79 Å². The van der Waals surface area contributed by atoms with Gasteiger partial charge in [0, 0.05) is 18.3 Å². The highest BCUT2D eigenvalue weighted by Crippen LogP contribution is 2.30. The molecule has 3 nitrogen and oxygen atoms in total. The summed E-state index contributed by atoms with van der Waals surface area (Å²) in [6.45, 7) is 5.19. The summed E-state index contributed by atoms with van der Waals surface area (Å²) >= 11 is 3.41. The van der Waals surface area contributed by atoms with E-state index in [1.807, 2.05) is 17.0 Å². The second-order valence-electron chi connectivity index (χ2n) is 5.16. The zero-order valence-electron chi connectivity index (χ0n) is 10.8. The molecule has 1 heterocycles. The standard InChI is InChI=1S/C14H19BrN2O/c1-9(2)12-7-4-8-17(12)14(18)10-5-3-6-11(16)13(10)15/h3,5-6,9,12H,4,7-8,16H2,1-2H3. The summed E-state index contributed by atoms with van der Waals surface area (Å²) in [4.78, 5) is 14.6. The lowest BCUT2D eigenvalue weighted by Crippen LogP contribution is -2.38. The summed E-state index contributed by atoms with van der Waals surface area (Å²) < 4.78 is 0.712. The predicted octanol–water partition coefficient (Wildman–Crippen LogP) is 3.29. The number of carbonyl (C=O) groups excluding carboxylic acids is 1. The molecule has 0 aliphatic carbocycles. The highest BCUT2D eigenvalue weighted by molar-refractivity contribution is 9.10. The van der Waals surface area contributed by atoms with Crippen LogP contribution in [-0.4, -0.2) is 23.4 Å². The molecule has 4 heteroatoms. The first-order valence-corrected chi connectivity index (χ1v) is 7.16. The van der Waals surface area contributed by atoms with Crippen LogP contribution in [0.25, 0.3) is 0 Å². The van der Waals surface area contributed by atoms with Gasteiger partial charge in [-0.25, -0.2) is 0 Å². The van der Waals surface area contributed by atoms with E-state index in [0.717, 1.165) is 19.4 Å². The topological polar surface area (TPSA) is 46.3 Å². The van der Waals surface area contributed by atoms with E-state index in [4.69, 9.17) is 5.73 Å². The third-order valence-electron chi connectivity index (χ3n) is 3.59. The lowest BCUT2D eigenvalue weighted by Gasteiger charge is -2.28. The van der Waals surface area contributed by atoms with Crippen molar-refractivity contribution in [2.75, 3.05) is 12.3 Å². The van der Waals surface area contributed by atoms with Gasteiger partial charge < -0.3 is 10.6 Å². The number of hydrogen-bond donors (Lipinski definition) is 1. The van der Waals surface area contributed by atoms with Crippen LogP contribution in [0.3, 0.4) is 0 Å². The predicted molar refractivity (Wildman–Crippen MR) is 77.5 cm³/mol. The summed E-state index contributed by atoms with van der Waals surface area (Å²) in [5, 5.41) is 0. The first-order chi connectivity index (χ1) is 8.52. The maximum atomic E-state index is 12.6. The van der Waals surface area contributed by atoms with Gasteiger partial charge in [0.05, 0.1) is 10.0 Å². The molecular weight excluding hydrogens is 292 g/mol. The highest BCUT2D eigenvalue weighted by Gasteiger charge is 2.32. The highest BCUT2D eigenvalue weighted by atomic mass is 79.9. The van der Waals surface area contributed by atoms with Crippen molar-refractivity contribution in [1.29, 1.82) is 0 Å². The van der Waals surface area contributed by atoms with Gasteiger partial charge in [-0.15, -0.1) is 0 Å². The van der Waals surface area contributed by atoms with Crippen LogP contribution in [0.15, 0.2) is 22.7 Å². The first-order valence-electron chi connectivity index (χ1n) is 6.37. The SMILES string of the molecule is CC(C)C1CCCN1C(=O)c1cccc(N)c1Br. The average molecular weight is 311 g/mol. The van der Waals surface area contributed by atoms with Crippen LogP contribution >= 0.6 is 15.9 Å². The van der Waals surface area contributed by atoms with E-state index < -0.39 is 0 Å². The quantitative estimate of drug-likeness (QED) is 0.852. The molecule has 1 atom stereocenters. The van der Waals surface area contributed by atoms with Crippen LogP contribution in [0.1, 0.15) is 37.0 Å². The zero-order valence-corrected chi connectivity index (χ0v) is 12.4. The second kappa shape index (κ2) is 5.31. The molecule has 0 spiro atoms. The smallest absolute Gasteiger partial charge is 0.255 e. The summed E-state index contributed by atoms with van der Waals surface area (Å²) in [7, 11) is 0. The van der Waals surface area contributed by atoms with Gasteiger partial charge in [-0.2, -0.15) is 0 Å². The van der Waals surface area contributed by atoms with Gasteiger partial charge in [0.15, 0.2) is 0 Å². The van der Waals surface area contributed by atoms with E-state index in [1.165, 1.54) is 0 Å². The number of benzene rings is 1. The molecule has 2 rings (SSSR count). The van der Waals surface area contributed by atoms with Gasteiger partial charge in [-0.3, -0.25) is 4.79 Å². The Bertz CT molecular complexity index is 459. The number of carbonyl (C=O) groups is 1. The number of hydrogen-bond acceptors (Lipinski definition) is 2. The maximum absolute atomic E-state index is 12.6. The van der Waals surface area contributed by atoms with Crippen molar-refractivity contribution in [2.45, 2.75) is 32.7 Å². The molecule has 0 radical (unpaired) electrons. The average Bonchev–Trinajstić information content (AvgIpc) is 2.81. The number of nitrogen functional groups attached to an aromatic ring is 1. The second-order valence-corrected chi connectivity index (χ2v) is 5.95. The normalized spacial score (nSPS) is 19.6. The van der Waals surface area contributed by atoms with Crippen molar-refractivity contribution in [2.24, 2.45) is 5.92 Å². The molecule has 1 fully saturated rings. The number of halogens is 1. The third-order valence-corrected chi connectivity index (χ3v) is 4.47. The molecule has 1 unspecified atom stereocenters. The minimum atomic E-state index is 0.0883. The Balaban J connectivity index is 2.28. The lowest BCUT2D eigenvalue weighted by molar-refractivity contribution is 0.0700. The van der Waals surface area contributed by atoms with Crippen molar-refractivity contribution < 1.29 is 4.79 Å². The van der Waals surface area contributed by atoms with E-state index in [1.54, 1.807) is 6.07 Å². The molecule has 18 heavy (non-hydrogen) atoms. The Kier molecular flexibility index (Phi) is 3.95. The van der Waals surface area contributed by atoms with Crippen LogP contribution in [0.4, 0.5) is 5.69 Å². The van der Waals surface area contributed by atoms with Crippen LogP contribution < -0.4 is 5.73 Å². The van der Waals surface area contributed by atoms with Crippen LogP contribution in [0.2, 0.25) is 0 Å².